The molecule has 0 aliphatic heterocycles. The number of pyridine rings is 2. The molecule has 0 radical (unpaired) electrons. The van der Waals surface area contributed by atoms with Gasteiger partial charge in [0.2, 0.25) is 10.0 Å². The Morgan fingerprint density at radius 3 is 2.58 bits per heavy atom. The number of hydrogen-bond donors (Lipinski definition) is 1. The van der Waals surface area contributed by atoms with Crippen molar-refractivity contribution in [3.63, 3.8) is 0 Å². The molecule has 1 aromatic carbocycles. The van der Waals surface area contributed by atoms with Gasteiger partial charge in [-0.25, -0.2) is 13.1 Å². The van der Waals surface area contributed by atoms with Crippen molar-refractivity contribution in [3.05, 3.63) is 78.2 Å². The van der Waals surface area contributed by atoms with Crippen LogP contribution in [0.15, 0.2) is 72.0 Å². The molecule has 1 N–H and O–H groups in total. The number of rotatable bonds is 5. The highest BCUT2D eigenvalue weighted by molar-refractivity contribution is 7.89. The summed E-state index contributed by atoms with van der Waals surface area (Å²) in [5, 5.41) is 0. The summed E-state index contributed by atoms with van der Waals surface area (Å²) in [6.45, 7) is 2.05. The van der Waals surface area contributed by atoms with Crippen molar-refractivity contribution in [1.82, 2.24) is 14.7 Å². The highest BCUT2D eigenvalue weighted by atomic mass is 32.2. The highest BCUT2D eigenvalue weighted by Crippen LogP contribution is 2.16. The van der Waals surface area contributed by atoms with Crippen LogP contribution in [0.1, 0.15) is 11.1 Å². The Kier molecular flexibility index (Phi) is 4.69. The minimum absolute atomic E-state index is 0.191. The van der Waals surface area contributed by atoms with Crippen molar-refractivity contribution in [3.8, 4) is 11.3 Å². The van der Waals surface area contributed by atoms with E-state index in [4.69, 9.17) is 0 Å². The van der Waals surface area contributed by atoms with Gasteiger partial charge >= 0.3 is 0 Å². The van der Waals surface area contributed by atoms with Gasteiger partial charge in [0.15, 0.2) is 0 Å². The lowest BCUT2D eigenvalue weighted by Gasteiger charge is -2.08. The molecule has 122 valence electrons. The number of nitrogens with one attached hydrogen (secondary N) is 1. The van der Waals surface area contributed by atoms with Crippen LogP contribution >= 0.6 is 0 Å². The molecular formula is C18H17N3O2S. The van der Waals surface area contributed by atoms with Gasteiger partial charge in [-0.05, 0) is 48.4 Å². The van der Waals surface area contributed by atoms with E-state index in [-0.39, 0.29) is 11.4 Å². The normalized spacial score (nSPS) is 11.4. The maximum absolute atomic E-state index is 12.3. The minimum Gasteiger partial charge on any atom is -0.264 e. The maximum Gasteiger partial charge on any atom is 0.240 e. The van der Waals surface area contributed by atoms with Crippen molar-refractivity contribution in [2.24, 2.45) is 0 Å². The third-order valence-corrected chi connectivity index (χ3v) is 4.95. The van der Waals surface area contributed by atoms with Crippen LogP contribution in [0.25, 0.3) is 11.3 Å². The Morgan fingerprint density at radius 2 is 1.92 bits per heavy atom. The topological polar surface area (TPSA) is 72.0 Å². The van der Waals surface area contributed by atoms with Crippen molar-refractivity contribution in [2.75, 3.05) is 0 Å². The van der Waals surface area contributed by atoms with Crippen molar-refractivity contribution >= 4 is 10.0 Å². The molecular weight excluding hydrogens is 322 g/mol. The van der Waals surface area contributed by atoms with E-state index < -0.39 is 10.0 Å². The number of aryl methyl sites for hydroxylation is 1. The van der Waals surface area contributed by atoms with Crippen LogP contribution in [0.3, 0.4) is 0 Å². The minimum atomic E-state index is -3.53. The monoisotopic (exact) mass is 339 g/mol. The van der Waals surface area contributed by atoms with Gasteiger partial charge in [0.1, 0.15) is 0 Å². The van der Waals surface area contributed by atoms with Gasteiger partial charge in [0, 0.05) is 30.7 Å². The summed E-state index contributed by atoms with van der Waals surface area (Å²) in [7, 11) is -3.53. The number of benzene rings is 1. The van der Waals surface area contributed by atoms with Gasteiger partial charge < -0.3 is 0 Å². The van der Waals surface area contributed by atoms with Crippen LogP contribution in [0.4, 0.5) is 0 Å². The first-order chi connectivity index (χ1) is 11.5. The van der Waals surface area contributed by atoms with Crippen molar-refractivity contribution < 1.29 is 8.42 Å². The Morgan fingerprint density at radius 1 is 1.04 bits per heavy atom. The van der Waals surface area contributed by atoms with Gasteiger partial charge in [-0.1, -0.05) is 18.2 Å². The summed E-state index contributed by atoms with van der Waals surface area (Å²) in [6.07, 6.45) is 5.11. The van der Waals surface area contributed by atoms with E-state index >= 15 is 0 Å². The second-order valence-corrected chi connectivity index (χ2v) is 7.20. The highest BCUT2D eigenvalue weighted by Gasteiger charge is 2.13. The molecule has 3 rings (SSSR count). The first-order valence-electron chi connectivity index (χ1n) is 7.46. The number of nitrogens with zero attached hydrogens (tertiary/aromatic N) is 2. The van der Waals surface area contributed by atoms with Crippen LogP contribution in [-0.2, 0) is 16.6 Å². The van der Waals surface area contributed by atoms with E-state index in [1.54, 1.807) is 36.8 Å². The summed E-state index contributed by atoms with van der Waals surface area (Å²) in [5.74, 6) is 0. The maximum atomic E-state index is 12.3. The van der Waals surface area contributed by atoms with E-state index in [1.165, 1.54) is 0 Å². The molecule has 0 unspecified atom stereocenters. The molecule has 5 nitrogen and oxygen atoms in total. The van der Waals surface area contributed by atoms with E-state index in [1.807, 2.05) is 37.3 Å². The molecule has 0 spiro atoms. The molecule has 3 aromatic rings. The summed E-state index contributed by atoms with van der Waals surface area (Å²) >= 11 is 0. The fourth-order valence-corrected chi connectivity index (χ4v) is 3.38. The molecule has 2 aromatic heterocycles. The summed E-state index contributed by atoms with van der Waals surface area (Å²) < 4.78 is 27.2. The Bertz CT molecular complexity index is 924. The quantitative estimate of drug-likeness (QED) is 0.776. The molecule has 0 fully saturated rings. The van der Waals surface area contributed by atoms with Gasteiger partial charge in [-0.15, -0.1) is 0 Å². The van der Waals surface area contributed by atoms with Crippen LogP contribution in [0, 0.1) is 6.92 Å². The standard InChI is InChI=1S/C18H17N3O2S/c1-14-4-2-6-17(10-14)24(22,23)21-12-15-7-8-18(20-11-15)16-5-3-9-19-13-16/h2-11,13,21H,12H2,1H3. The zero-order chi connectivity index (χ0) is 17.0. The zero-order valence-electron chi connectivity index (χ0n) is 13.2. The van der Waals surface area contributed by atoms with E-state index in [2.05, 4.69) is 14.7 Å². The SMILES string of the molecule is Cc1cccc(S(=O)(=O)NCc2ccc(-c3cccnc3)nc2)c1. The lowest BCUT2D eigenvalue weighted by molar-refractivity contribution is 0.581. The fraction of sp³-hybridized carbons (Fsp3) is 0.111. The molecule has 6 heteroatoms. The van der Waals surface area contributed by atoms with Crippen molar-refractivity contribution in [2.45, 2.75) is 18.4 Å². The first kappa shape index (κ1) is 16.3. The molecule has 0 saturated heterocycles. The van der Waals surface area contributed by atoms with Gasteiger partial charge in [0.25, 0.3) is 0 Å². The fourth-order valence-electron chi connectivity index (χ4n) is 2.26. The first-order valence-corrected chi connectivity index (χ1v) is 8.94. The smallest absolute Gasteiger partial charge is 0.240 e. The Hall–Kier alpha value is -2.57. The molecule has 24 heavy (non-hydrogen) atoms. The summed E-state index contributed by atoms with van der Waals surface area (Å²) in [4.78, 5) is 8.69. The second-order valence-electron chi connectivity index (χ2n) is 5.43. The Balaban J connectivity index is 1.71. The lowest BCUT2D eigenvalue weighted by Crippen LogP contribution is -2.23. The zero-order valence-corrected chi connectivity index (χ0v) is 14.0. The Labute approximate surface area is 141 Å². The predicted molar refractivity (Wildman–Crippen MR) is 92.7 cm³/mol. The molecule has 2 heterocycles. The lowest BCUT2D eigenvalue weighted by atomic mass is 10.1. The molecule has 0 aliphatic carbocycles. The second kappa shape index (κ2) is 6.90. The molecule has 0 saturated carbocycles. The largest absolute Gasteiger partial charge is 0.264 e. The van der Waals surface area contributed by atoms with Crippen LogP contribution in [-0.4, -0.2) is 18.4 Å². The van der Waals surface area contributed by atoms with Gasteiger partial charge in [-0.2, -0.15) is 0 Å². The number of aromatic nitrogens is 2. The van der Waals surface area contributed by atoms with Gasteiger partial charge in [-0.3, -0.25) is 9.97 Å². The average molecular weight is 339 g/mol. The molecule has 0 aliphatic rings. The van der Waals surface area contributed by atoms with E-state index in [9.17, 15) is 8.42 Å². The number of hydrogen-bond acceptors (Lipinski definition) is 4. The summed E-state index contributed by atoms with van der Waals surface area (Å²) in [5.41, 5.74) is 3.41. The molecule has 0 bridgehead atoms. The third kappa shape index (κ3) is 3.84. The predicted octanol–water partition coefficient (Wildman–Crippen LogP) is 2.93. The third-order valence-electron chi connectivity index (χ3n) is 3.55. The van der Waals surface area contributed by atoms with Gasteiger partial charge in [0.05, 0.1) is 10.6 Å². The van der Waals surface area contributed by atoms with E-state index in [0.29, 0.717) is 0 Å². The molecule has 0 atom stereocenters. The van der Waals surface area contributed by atoms with Crippen LogP contribution in [0.2, 0.25) is 0 Å². The average Bonchev–Trinajstić information content (AvgIpc) is 2.61. The van der Waals surface area contributed by atoms with Crippen LogP contribution in [0.5, 0.6) is 0 Å². The van der Waals surface area contributed by atoms with E-state index in [0.717, 1.165) is 22.4 Å². The van der Waals surface area contributed by atoms with Crippen molar-refractivity contribution in [1.29, 1.82) is 0 Å². The number of sulfonamides is 1. The summed E-state index contributed by atoms with van der Waals surface area (Å²) in [6, 6.07) is 14.3. The molecule has 0 amide bonds. The van der Waals surface area contributed by atoms with Crippen LogP contribution < -0.4 is 4.72 Å².